The number of nitrogens with zero attached hydrogens (tertiary/aromatic N) is 2. The number of carbonyl (C=O) groups excluding carboxylic acids is 2. The lowest BCUT2D eigenvalue weighted by atomic mass is 10.00. The smallest absolute Gasteiger partial charge is 0.242 e. The molecule has 2 amide bonds. The second-order valence-electron chi connectivity index (χ2n) is 8.49. The topological polar surface area (TPSA) is 59.1 Å². The van der Waals surface area contributed by atoms with E-state index >= 15 is 0 Å². The Morgan fingerprint density at radius 1 is 1.19 bits per heavy atom. The fraction of sp³-hybridized carbons (Fsp3) is 0.520. The molecule has 7 heteroatoms. The van der Waals surface area contributed by atoms with Crippen molar-refractivity contribution < 1.29 is 19.1 Å². The van der Waals surface area contributed by atoms with Gasteiger partial charge in [-0.3, -0.25) is 9.59 Å². The number of fused-ring (bicyclic) bond motifs is 1. The van der Waals surface area contributed by atoms with Gasteiger partial charge in [-0.2, -0.15) is 0 Å². The maximum Gasteiger partial charge on any atom is 0.242 e. The monoisotopic (exact) mass is 458 g/mol. The predicted octanol–water partition coefficient (Wildman–Crippen LogP) is 4.54. The van der Waals surface area contributed by atoms with Crippen molar-refractivity contribution >= 4 is 23.2 Å². The first-order valence-electron chi connectivity index (χ1n) is 11.3. The van der Waals surface area contributed by atoms with Crippen molar-refractivity contribution in [3.8, 4) is 11.5 Å². The van der Waals surface area contributed by atoms with Gasteiger partial charge < -0.3 is 19.3 Å². The van der Waals surface area contributed by atoms with Crippen molar-refractivity contribution in [1.82, 2.24) is 9.80 Å². The molecule has 0 saturated carbocycles. The van der Waals surface area contributed by atoms with Crippen LogP contribution in [0.5, 0.6) is 11.5 Å². The van der Waals surface area contributed by atoms with E-state index in [1.54, 1.807) is 23.3 Å². The quantitative estimate of drug-likeness (QED) is 0.553. The van der Waals surface area contributed by atoms with E-state index in [-0.39, 0.29) is 36.4 Å². The fourth-order valence-electron chi connectivity index (χ4n) is 4.02. The zero-order valence-corrected chi connectivity index (χ0v) is 20.5. The molecule has 3 rings (SSSR count). The first-order valence-corrected chi connectivity index (χ1v) is 12.2. The summed E-state index contributed by atoms with van der Waals surface area (Å²) in [6, 6.07) is 9.42. The summed E-state index contributed by atoms with van der Waals surface area (Å²) in [5.74, 6) is 1.15. The molecule has 174 valence electrons. The average molecular weight is 459 g/mol. The second kappa shape index (κ2) is 10.9. The van der Waals surface area contributed by atoms with E-state index in [9.17, 15) is 9.59 Å². The van der Waals surface area contributed by atoms with Gasteiger partial charge in [0.1, 0.15) is 13.2 Å². The Kier molecular flexibility index (Phi) is 8.18. The number of hydrogen-bond acceptors (Lipinski definition) is 5. The summed E-state index contributed by atoms with van der Waals surface area (Å²) in [4.78, 5) is 31.2. The predicted molar refractivity (Wildman–Crippen MR) is 127 cm³/mol. The molecule has 0 bridgehead atoms. The Balaban J connectivity index is 1.81. The van der Waals surface area contributed by atoms with Gasteiger partial charge in [-0.25, -0.2) is 0 Å². The van der Waals surface area contributed by atoms with Crippen LogP contribution in [0.4, 0.5) is 0 Å². The minimum Gasteiger partial charge on any atom is -0.493 e. The van der Waals surface area contributed by atoms with Gasteiger partial charge in [-0.1, -0.05) is 32.9 Å². The largest absolute Gasteiger partial charge is 0.493 e. The second-order valence-corrected chi connectivity index (χ2v) is 9.49. The van der Waals surface area contributed by atoms with E-state index in [2.05, 4.69) is 11.4 Å². The van der Waals surface area contributed by atoms with Gasteiger partial charge in [-0.15, -0.1) is 11.3 Å². The maximum absolute atomic E-state index is 13.5. The summed E-state index contributed by atoms with van der Waals surface area (Å²) >= 11 is 1.72. The first kappa shape index (κ1) is 24.1. The number of methoxy groups -OCH3 is 1. The Bertz CT molecular complexity index is 926. The number of thiophene rings is 1. The highest BCUT2D eigenvalue weighted by Crippen LogP contribution is 2.35. The molecule has 1 aromatic heterocycles. The first-order chi connectivity index (χ1) is 15.4. The Labute approximate surface area is 195 Å². The molecule has 0 spiro atoms. The lowest BCUT2D eigenvalue weighted by Gasteiger charge is -2.38. The summed E-state index contributed by atoms with van der Waals surface area (Å²) < 4.78 is 11.5. The third-order valence-corrected chi connectivity index (χ3v) is 7.08. The standard InChI is InChI=1S/C25H34N2O4S/c1-6-18(4)27(25(29)17(2)3)15-24(28)26-13-11-23-19(12-14-32-23)20(26)16-31-22-10-8-7-9-21(22)30-5/h7-10,12,14,17-18,20H,6,11,13,15-16H2,1-5H3. The molecule has 2 atom stereocenters. The van der Waals surface area contributed by atoms with Gasteiger partial charge in [0, 0.05) is 23.4 Å². The molecule has 1 aliphatic heterocycles. The molecule has 2 unspecified atom stereocenters. The number of carbonyl (C=O) groups is 2. The van der Waals surface area contributed by atoms with Crippen LogP contribution in [0.2, 0.25) is 0 Å². The highest BCUT2D eigenvalue weighted by atomic mass is 32.1. The van der Waals surface area contributed by atoms with E-state index in [1.165, 1.54) is 4.88 Å². The number of benzene rings is 1. The van der Waals surface area contributed by atoms with Crippen LogP contribution in [0.15, 0.2) is 35.7 Å². The van der Waals surface area contributed by atoms with Crippen LogP contribution in [-0.2, 0) is 16.0 Å². The van der Waals surface area contributed by atoms with E-state index in [4.69, 9.17) is 9.47 Å². The molecule has 1 aromatic carbocycles. The van der Waals surface area contributed by atoms with Crippen molar-refractivity contribution in [2.45, 2.75) is 52.6 Å². The van der Waals surface area contributed by atoms with Crippen molar-refractivity contribution in [2.24, 2.45) is 5.92 Å². The van der Waals surface area contributed by atoms with Gasteiger partial charge in [0.05, 0.1) is 13.2 Å². The molecule has 0 N–H and O–H groups in total. The normalized spacial score (nSPS) is 16.4. The Hall–Kier alpha value is -2.54. The molecule has 0 saturated heterocycles. The molecule has 0 aliphatic carbocycles. The maximum atomic E-state index is 13.5. The number of ether oxygens (including phenoxy) is 2. The van der Waals surface area contributed by atoms with Gasteiger partial charge in [-0.05, 0) is 48.9 Å². The van der Waals surface area contributed by atoms with E-state index in [0.29, 0.717) is 24.7 Å². The molecule has 2 aromatic rings. The van der Waals surface area contributed by atoms with Crippen molar-refractivity contribution in [2.75, 3.05) is 26.8 Å². The van der Waals surface area contributed by atoms with Gasteiger partial charge in [0.25, 0.3) is 0 Å². The van der Waals surface area contributed by atoms with Crippen LogP contribution in [-0.4, -0.2) is 54.5 Å². The van der Waals surface area contributed by atoms with Gasteiger partial charge in [0.15, 0.2) is 11.5 Å². The highest BCUT2D eigenvalue weighted by molar-refractivity contribution is 7.10. The van der Waals surface area contributed by atoms with E-state index in [0.717, 1.165) is 18.4 Å². The van der Waals surface area contributed by atoms with Crippen LogP contribution in [0.25, 0.3) is 0 Å². The summed E-state index contributed by atoms with van der Waals surface area (Å²) in [7, 11) is 1.62. The van der Waals surface area contributed by atoms with E-state index < -0.39 is 0 Å². The van der Waals surface area contributed by atoms with Crippen LogP contribution in [0.1, 0.15) is 50.6 Å². The molecule has 6 nitrogen and oxygen atoms in total. The van der Waals surface area contributed by atoms with Crippen LogP contribution >= 0.6 is 11.3 Å². The van der Waals surface area contributed by atoms with Gasteiger partial charge in [0.2, 0.25) is 11.8 Å². The fourth-order valence-corrected chi connectivity index (χ4v) is 4.95. The Morgan fingerprint density at radius 2 is 1.91 bits per heavy atom. The number of para-hydroxylation sites is 2. The third-order valence-electron chi connectivity index (χ3n) is 6.09. The lowest BCUT2D eigenvalue weighted by Crippen LogP contribution is -2.50. The number of amides is 2. The zero-order chi connectivity index (χ0) is 23.3. The summed E-state index contributed by atoms with van der Waals surface area (Å²) in [6.07, 6.45) is 1.63. The molecule has 2 heterocycles. The molecule has 0 radical (unpaired) electrons. The van der Waals surface area contributed by atoms with Crippen LogP contribution in [0.3, 0.4) is 0 Å². The van der Waals surface area contributed by atoms with Crippen molar-refractivity contribution in [1.29, 1.82) is 0 Å². The van der Waals surface area contributed by atoms with E-state index in [1.807, 2.05) is 56.9 Å². The lowest BCUT2D eigenvalue weighted by molar-refractivity contribution is -0.146. The zero-order valence-electron chi connectivity index (χ0n) is 19.7. The molecule has 1 aliphatic rings. The summed E-state index contributed by atoms with van der Waals surface area (Å²) in [5, 5.41) is 2.07. The molecule has 32 heavy (non-hydrogen) atoms. The highest BCUT2D eigenvalue weighted by Gasteiger charge is 2.34. The van der Waals surface area contributed by atoms with Crippen molar-refractivity contribution in [3.05, 3.63) is 46.2 Å². The minimum absolute atomic E-state index is 0.0126. The minimum atomic E-state index is -0.199. The van der Waals surface area contributed by atoms with Gasteiger partial charge >= 0.3 is 0 Å². The Morgan fingerprint density at radius 3 is 2.56 bits per heavy atom. The number of rotatable bonds is 9. The number of hydrogen-bond donors (Lipinski definition) is 0. The van der Waals surface area contributed by atoms with Crippen LogP contribution < -0.4 is 9.47 Å². The van der Waals surface area contributed by atoms with Crippen LogP contribution in [0, 0.1) is 5.92 Å². The molecule has 0 fully saturated rings. The summed E-state index contributed by atoms with van der Waals surface area (Å²) in [5.41, 5.74) is 1.13. The molecular formula is C25H34N2O4S. The third kappa shape index (κ3) is 5.26. The molecular weight excluding hydrogens is 424 g/mol. The van der Waals surface area contributed by atoms with Crippen molar-refractivity contribution in [3.63, 3.8) is 0 Å². The average Bonchev–Trinajstić information content (AvgIpc) is 3.29. The summed E-state index contributed by atoms with van der Waals surface area (Å²) in [6.45, 7) is 8.85. The SMILES string of the molecule is CCC(C)N(CC(=O)N1CCc2sccc2C1COc1ccccc1OC)C(=O)C(C)C.